The summed E-state index contributed by atoms with van der Waals surface area (Å²) in [5.74, 6) is -1.55. The molecule has 118 valence electrons. The molecule has 0 heterocycles. The lowest BCUT2D eigenvalue weighted by Gasteiger charge is -2.22. The van der Waals surface area contributed by atoms with Gasteiger partial charge in [0.2, 0.25) is 10.0 Å². The number of aryl methyl sites for hydroxylation is 2. The second-order valence-corrected chi connectivity index (χ2v) is 7.06. The average Bonchev–Trinajstić information content (AvgIpc) is 2.35. The quantitative estimate of drug-likeness (QED) is 0.778. The molecule has 1 aromatic carbocycles. The van der Waals surface area contributed by atoms with Crippen LogP contribution in [-0.2, 0) is 19.6 Å². The lowest BCUT2D eigenvalue weighted by atomic mass is 10.1. The van der Waals surface area contributed by atoms with E-state index < -0.39 is 27.7 Å². The lowest BCUT2D eigenvalue weighted by molar-refractivity contribution is -0.144. The van der Waals surface area contributed by atoms with E-state index in [0.717, 1.165) is 4.31 Å². The fourth-order valence-electron chi connectivity index (χ4n) is 2.22. The number of rotatable bonds is 5. The van der Waals surface area contributed by atoms with Gasteiger partial charge < -0.3 is 4.74 Å². The second kappa shape index (κ2) is 6.53. The van der Waals surface area contributed by atoms with Crippen LogP contribution in [-0.4, -0.2) is 39.4 Å². The molecule has 0 radical (unpaired) electrons. The average molecular weight is 317 g/mol. The lowest BCUT2D eigenvalue weighted by Crippen LogP contribution is -2.34. The third-order valence-electron chi connectivity index (χ3n) is 3.23. The number of ether oxygens (including phenoxy) is 1. The molecule has 0 saturated carbocycles. The molecule has 0 aliphatic rings. The predicted molar refractivity (Wildman–Crippen MR) is 76.9 cm³/mol. The van der Waals surface area contributed by atoms with Crippen LogP contribution in [0.2, 0.25) is 0 Å². The number of carbonyl (C=O) groups excluding carboxylic acids is 1. The highest BCUT2D eigenvalue weighted by molar-refractivity contribution is 7.89. The number of carbonyl (C=O) groups is 1. The van der Waals surface area contributed by atoms with Crippen LogP contribution in [0, 0.1) is 25.6 Å². The van der Waals surface area contributed by atoms with E-state index >= 15 is 0 Å². The molecular formula is C14H20FNO4S. The summed E-state index contributed by atoms with van der Waals surface area (Å²) < 4.78 is 44.1. The smallest absolute Gasteiger partial charge is 0.309 e. The van der Waals surface area contributed by atoms with Crippen LogP contribution in [0.25, 0.3) is 0 Å². The highest BCUT2D eigenvalue weighted by atomic mass is 32.2. The first kappa shape index (κ1) is 17.6. The van der Waals surface area contributed by atoms with Gasteiger partial charge in [0.05, 0.1) is 17.9 Å². The first-order chi connectivity index (χ1) is 9.61. The number of hydrogen-bond acceptors (Lipinski definition) is 4. The van der Waals surface area contributed by atoms with Gasteiger partial charge in [-0.05, 0) is 37.1 Å². The van der Waals surface area contributed by atoms with Gasteiger partial charge in [-0.1, -0.05) is 6.92 Å². The number of benzene rings is 1. The summed E-state index contributed by atoms with van der Waals surface area (Å²) in [6.45, 7) is 4.66. The topological polar surface area (TPSA) is 63.7 Å². The zero-order valence-electron chi connectivity index (χ0n) is 12.8. The molecule has 0 saturated heterocycles. The molecule has 0 amide bonds. The van der Waals surface area contributed by atoms with Crippen molar-refractivity contribution in [1.29, 1.82) is 0 Å². The Labute approximate surface area is 124 Å². The van der Waals surface area contributed by atoms with Crippen molar-refractivity contribution in [2.75, 3.05) is 20.7 Å². The van der Waals surface area contributed by atoms with Crippen molar-refractivity contribution in [2.45, 2.75) is 25.7 Å². The van der Waals surface area contributed by atoms with Crippen molar-refractivity contribution >= 4 is 16.0 Å². The zero-order chi connectivity index (χ0) is 16.4. The van der Waals surface area contributed by atoms with Crippen LogP contribution < -0.4 is 0 Å². The molecule has 1 atom stereocenters. The first-order valence-electron chi connectivity index (χ1n) is 6.42. The van der Waals surface area contributed by atoms with E-state index in [1.165, 1.54) is 26.3 Å². The molecule has 1 aromatic rings. The highest BCUT2D eigenvalue weighted by Crippen LogP contribution is 2.24. The van der Waals surface area contributed by atoms with Gasteiger partial charge in [0.25, 0.3) is 0 Å². The van der Waals surface area contributed by atoms with Gasteiger partial charge in [0.1, 0.15) is 5.82 Å². The summed E-state index contributed by atoms with van der Waals surface area (Å²) in [5.41, 5.74) is 0.676. The zero-order valence-corrected chi connectivity index (χ0v) is 13.6. The van der Waals surface area contributed by atoms with E-state index in [4.69, 9.17) is 0 Å². The normalized spacial score (nSPS) is 13.3. The minimum absolute atomic E-state index is 0.00867. The molecule has 0 spiro atoms. The van der Waals surface area contributed by atoms with Crippen molar-refractivity contribution in [2.24, 2.45) is 5.92 Å². The largest absolute Gasteiger partial charge is 0.469 e. The van der Waals surface area contributed by atoms with Gasteiger partial charge in [-0.2, -0.15) is 0 Å². The minimum atomic E-state index is -3.80. The van der Waals surface area contributed by atoms with E-state index in [9.17, 15) is 17.6 Å². The number of hydrogen-bond donors (Lipinski definition) is 0. The monoisotopic (exact) mass is 317 g/mol. The van der Waals surface area contributed by atoms with Crippen LogP contribution in [0.4, 0.5) is 4.39 Å². The van der Waals surface area contributed by atoms with E-state index in [1.54, 1.807) is 20.8 Å². The molecule has 0 aliphatic carbocycles. The Morgan fingerprint density at radius 3 is 2.24 bits per heavy atom. The Balaban J connectivity index is 3.15. The van der Waals surface area contributed by atoms with Gasteiger partial charge in [0, 0.05) is 13.6 Å². The Morgan fingerprint density at radius 1 is 1.33 bits per heavy atom. The molecule has 1 unspecified atom stereocenters. The summed E-state index contributed by atoms with van der Waals surface area (Å²) in [5, 5.41) is 0. The molecule has 21 heavy (non-hydrogen) atoms. The summed E-state index contributed by atoms with van der Waals surface area (Å²) in [6.07, 6.45) is 0. The molecule has 0 aliphatic heterocycles. The second-order valence-electron chi connectivity index (χ2n) is 5.08. The summed E-state index contributed by atoms with van der Waals surface area (Å²) in [7, 11) is -1.16. The van der Waals surface area contributed by atoms with E-state index in [-0.39, 0.29) is 11.4 Å². The molecule has 7 heteroatoms. The molecule has 0 N–H and O–H groups in total. The van der Waals surface area contributed by atoms with Crippen molar-refractivity contribution in [3.63, 3.8) is 0 Å². The predicted octanol–water partition coefficient (Wildman–Crippen LogP) is 1.87. The first-order valence-corrected chi connectivity index (χ1v) is 7.86. The molecule has 0 fully saturated rings. The number of nitrogens with zero attached hydrogens (tertiary/aromatic N) is 1. The minimum Gasteiger partial charge on any atom is -0.469 e. The van der Waals surface area contributed by atoms with Crippen molar-refractivity contribution in [3.8, 4) is 0 Å². The van der Waals surface area contributed by atoms with Crippen molar-refractivity contribution < 1.29 is 22.3 Å². The van der Waals surface area contributed by atoms with E-state index in [2.05, 4.69) is 4.74 Å². The third kappa shape index (κ3) is 3.79. The van der Waals surface area contributed by atoms with Crippen molar-refractivity contribution in [1.82, 2.24) is 4.31 Å². The highest BCUT2D eigenvalue weighted by Gasteiger charge is 2.28. The summed E-state index contributed by atoms with van der Waals surface area (Å²) >= 11 is 0. The number of halogens is 1. The maximum atomic E-state index is 13.3. The maximum Gasteiger partial charge on any atom is 0.309 e. The van der Waals surface area contributed by atoms with Crippen LogP contribution >= 0.6 is 0 Å². The molecular weight excluding hydrogens is 297 g/mol. The number of methoxy groups -OCH3 is 1. The maximum absolute atomic E-state index is 13.3. The van der Waals surface area contributed by atoms with Crippen LogP contribution in [0.15, 0.2) is 17.0 Å². The summed E-state index contributed by atoms with van der Waals surface area (Å²) in [4.78, 5) is 11.5. The molecule has 0 bridgehead atoms. The fourth-order valence-corrected chi connectivity index (χ4v) is 3.88. The molecule has 0 aromatic heterocycles. The summed E-state index contributed by atoms with van der Waals surface area (Å²) in [6, 6.07) is 2.36. The van der Waals surface area contributed by atoms with Crippen LogP contribution in [0.5, 0.6) is 0 Å². The van der Waals surface area contributed by atoms with Crippen LogP contribution in [0.1, 0.15) is 18.1 Å². The Hall–Kier alpha value is -1.47. The standard InChI is InChI=1S/C14H20FNO4S/c1-9-6-12(15)7-10(2)13(9)21(18,19)16(4)8-11(3)14(17)20-5/h6-7,11H,8H2,1-5H3. The van der Waals surface area contributed by atoms with Gasteiger partial charge >= 0.3 is 5.97 Å². The van der Waals surface area contributed by atoms with Gasteiger partial charge in [-0.3, -0.25) is 4.79 Å². The van der Waals surface area contributed by atoms with E-state index in [1.807, 2.05) is 0 Å². The third-order valence-corrected chi connectivity index (χ3v) is 5.36. The molecule has 1 rings (SSSR count). The van der Waals surface area contributed by atoms with E-state index in [0.29, 0.717) is 11.1 Å². The van der Waals surface area contributed by atoms with Gasteiger partial charge in [-0.15, -0.1) is 0 Å². The van der Waals surface area contributed by atoms with Crippen LogP contribution in [0.3, 0.4) is 0 Å². The van der Waals surface area contributed by atoms with Crippen molar-refractivity contribution in [3.05, 3.63) is 29.1 Å². The SMILES string of the molecule is COC(=O)C(C)CN(C)S(=O)(=O)c1c(C)cc(F)cc1C. The van der Waals surface area contributed by atoms with Gasteiger partial charge in [-0.25, -0.2) is 17.1 Å². The Bertz CT molecular complexity index is 619. The molecule has 5 nitrogen and oxygen atoms in total. The number of sulfonamides is 1. The number of esters is 1. The fraction of sp³-hybridized carbons (Fsp3) is 0.500. The Morgan fingerprint density at radius 2 is 1.81 bits per heavy atom. The Kier molecular flexibility index (Phi) is 5.47. The van der Waals surface area contributed by atoms with Gasteiger partial charge in [0.15, 0.2) is 0 Å².